The molecule has 0 rings (SSSR count). The van der Waals surface area contributed by atoms with E-state index in [9.17, 15) is 9.59 Å². The van der Waals surface area contributed by atoms with E-state index in [1.807, 2.05) is 0 Å². The van der Waals surface area contributed by atoms with Crippen molar-refractivity contribution < 1.29 is 34.1 Å². The molecule has 0 unspecified atom stereocenters. The first-order chi connectivity index (χ1) is 4.54. The van der Waals surface area contributed by atoms with Gasteiger partial charge >= 0.3 is 42.0 Å². The van der Waals surface area contributed by atoms with E-state index in [0.29, 0.717) is 19.8 Å². The second-order valence-electron chi connectivity index (χ2n) is 1.39. The van der Waals surface area contributed by atoms with Crippen LogP contribution in [-0.2, 0) is 34.1 Å². The number of ether oxygens (including phenoxy) is 1. The van der Waals surface area contributed by atoms with Gasteiger partial charge in [0.2, 0.25) is 0 Å². The average molecular weight is 329 g/mol. The molecule has 0 radical (unpaired) electrons. The third-order valence-electron chi connectivity index (χ3n) is 0.287. The fourth-order valence-electron chi connectivity index (χ4n) is 0.202. The molecule has 0 aromatic rings. The van der Waals surface area contributed by atoms with Gasteiger partial charge in [-0.1, -0.05) is 0 Å². The van der Waals surface area contributed by atoms with Gasteiger partial charge in [0, 0.05) is 13.8 Å². The SMILES string of the molecule is CC(=O)OC(C)=O.[CH3][Au][CH3]. The number of carbonyl (C=O) groups is 2. The Labute approximate surface area is 70.4 Å². The molecular weight excluding hydrogens is 317 g/mol. The molecule has 0 saturated heterocycles. The molecule has 0 atom stereocenters. The molecule has 10 heavy (non-hydrogen) atoms. The van der Waals surface area contributed by atoms with Gasteiger partial charge in [-0.25, -0.2) is 0 Å². The Morgan fingerprint density at radius 3 is 1.30 bits per heavy atom. The molecule has 4 heteroatoms. The first-order valence-corrected chi connectivity index (χ1v) is 6.75. The molecule has 0 bridgehead atoms. The van der Waals surface area contributed by atoms with Crippen LogP contribution in [0.15, 0.2) is 0 Å². The Balaban J connectivity index is 0. The minimum absolute atomic E-state index is 0.562. The first kappa shape index (κ1) is 12.5. The van der Waals surface area contributed by atoms with E-state index in [4.69, 9.17) is 0 Å². The fourth-order valence-corrected chi connectivity index (χ4v) is 0.202. The van der Waals surface area contributed by atoms with Gasteiger partial charge in [-0.15, -0.1) is 0 Å². The van der Waals surface area contributed by atoms with E-state index >= 15 is 0 Å². The summed E-state index contributed by atoms with van der Waals surface area (Å²) < 4.78 is 3.97. The van der Waals surface area contributed by atoms with Crippen LogP contribution in [0, 0.1) is 0 Å². The van der Waals surface area contributed by atoms with Crippen molar-refractivity contribution in [3.05, 3.63) is 0 Å². The van der Waals surface area contributed by atoms with Crippen LogP contribution in [0.3, 0.4) is 0 Å². The predicted molar refractivity (Wildman–Crippen MR) is 34.2 cm³/mol. The average Bonchev–Trinajstić information content (AvgIpc) is 1.62. The second-order valence-corrected chi connectivity index (χ2v) is 3.55. The Morgan fingerprint density at radius 1 is 1.10 bits per heavy atom. The molecule has 0 aliphatic heterocycles. The Bertz CT molecular complexity index is 99.6. The van der Waals surface area contributed by atoms with Crippen molar-refractivity contribution in [1.82, 2.24) is 0 Å². The van der Waals surface area contributed by atoms with E-state index in [2.05, 4.69) is 15.0 Å². The van der Waals surface area contributed by atoms with Crippen molar-refractivity contribution in [2.24, 2.45) is 0 Å². The third-order valence-corrected chi connectivity index (χ3v) is 0.287. The van der Waals surface area contributed by atoms with Gasteiger partial charge in [-0.2, -0.15) is 0 Å². The molecule has 0 saturated carbocycles. The van der Waals surface area contributed by atoms with E-state index < -0.39 is 11.9 Å². The zero-order chi connectivity index (χ0) is 8.57. The molecule has 0 aromatic heterocycles. The van der Waals surface area contributed by atoms with Gasteiger partial charge in [0.15, 0.2) is 0 Å². The normalized spacial score (nSPS) is 7.60. The van der Waals surface area contributed by atoms with Crippen molar-refractivity contribution in [3.63, 3.8) is 0 Å². The fraction of sp³-hybridized carbons (Fsp3) is 0.667. The van der Waals surface area contributed by atoms with Crippen LogP contribution >= 0.6 is 0 Å². The topological polar surface area (TPSA) is 43.4 Å². The Hall–Kier alpha value is -0.120. The molecule has 0 N–H and O–H groups in total. The molecule has 0 fully saturated rings. The molecule has 0 aliphatic carbocycles. The van der Waals surface area contributed by atoms with Crippen LogP contribution in [0.2, 0.25) is 10.3 Å². The van der Waals surface area contributed by atoms with Gasteiger partial charge in [-0.05, 0) is 0 Å². The quantitative estimate of drug-likeness (QED) is 0.382. The van der Waals surface area contributed by atoms with E-state index in [1.165, 1.54) is 13.8 Å². The first-order valence-electron chi connectivity index (χ1n) is 2.42. The summed E-state index contributed by atoms with van der Waals surface area (Å²) in [6.07, 6.45) is 0. The summed E-state index contributed by atoms with van der Waals surface area (Å²) >= 11 is 0.667. The van der Waals surface area contributed by atoms with Crippen molar-refractivity contribution in [1.29, 1.82) is 0 Å². The molecule has 0 aromatic carbocycles. The zero-order valence-electron chi connectivity index (χ0n) is 6.53. The van der Waals surface area contributed by atoms with Crippen molar-refractivity contribution in [2.75, 3.05) is 0 Å². The van der Waals surface area contributed by atoms with Crippen LogP contribution in [0.25, 0.3) is 0 Å². The Morgan fingerprint density at radius 2 is 1.30 bits per heavy atom. The van der Waals surface area contributed by atoms with Crippen LogP contribution in [0.1, 0.15) is 13.8 Å². The van der Waals surface area contributed by atoms with Gasteiger partial charge in [0.1, 0.15) is 0 Å². The molecule has 0 heterocycles. The maximum atomic E-state index is 9.81. The summed E-state index contributed by atoms with van der Waals surface area (Å²) in [7, 11) is 0. The van der Waals surface area contributed by atoms with Gasteiger partial charge in [-0.3, -0.25) is 9.59 Å². The summed E-state index contributed by atoms with van der Waals surface area (Å²) in [5.74, 6) is -1.12. The zero-order valence-corrected chi connectivity index (χ0v) is 8.69. The van der Waals surface area contributed by atoms with Gasteiger partial charge in [0.05, 0.1) is 0 Å². The Kier molecular flexibility index (Phi) is 11.1. The molecule has 0 spiro atoms. The number of hydrogen-bond acceptors (Lipinski definition) is 3. The number of hydrogen-bond donors (Lipinski definition) is 0. The minimum atomic E-state index is -0.562. The summed E-state index contributed by atoms with van der Waals surface area (Å²) in [5, 5.41) is 4.44. The number of rotatable bonds is 0. The van der Waals surface area contributed by atoms with E-state index in [-0.39, 0.29) is 0 Å². The molecule has 0 amide bonds. The van der Waals surface area contributed by atoms with Crippen LogP contribution < -0.4 is 0 Å². The van der Waals surface area contributed by atoms with Crippen molar-refractivity contribution >= 4 is 11.9 Å². The van der Waals surface area contributed by atoms with Crippen molar-refractivity contribution in [3.8, 4) is 0 Å². The maximum absolute atomic E-state index is 9.81. The second kappa shape index (κ2) is 8.88. The number of esters is 2. The van der Waals surface area contributed by atoms with Gasteiger partial charge in [0.25, 0.3) is 0 Å². The van der Waals surface area contributed by atoms with Crippen LogP contribution in [0.5, 0.6) is 0 Å². The third kappa shape index (κ3) is 24.8. The van der Waals surface area contributed by atoms with E-state index in [1.54, 1.807) is 0 Å². The molecular formula is C6H12AuO3. The van der Waals surface area contributed by atoms with E-state index in [0.717, 1.165) is 0 Å². The van der Waals surface area contributed by atoms with Crippen LogP contribution in [0.4, 0.5) is 0 Å². The molecule has 65 valence electrons. The predicted octanol–water partition coefficient (Wildman–Crippen LogP) is 1.26. The molecule has 0 aliphatic rings. The standard InChI is InChI=1S/C4H6O3.2CH3.Au/c1-3(5)7-4(2)6;;;/h1-2H3;2*1H3;. The monoisotopic (exact) mass is 329 g/mol. The number of carbonyl (C=O) groups excluding carboxylic acids is 2. The summed E-state index contributed by atoms with van der Waals surface area (Å²) in [6.45, 7) is 2.36. The van der Waals surface area contributed by atoms with Crippen LogP contribution in [-0.4, -0.2) is 11.9 Å². The van der Waals surface area contributed by atoms with Gasteiger partial charge < -0.3 is 4.74 Å². The summed E-state index contributed by atoms with van der Waals surface area (Å²) in [6, 6.07) is 0. The van der Waals surface area contributed by atoms with Crippen molar-refractivity contribution in [2.45, 2.75) is 24.1 Å². The molecule has 3 nitrogen and oxygen atoms in total. The summed E-state index contributed by atoms with van der Waals surface area (Å²) in [5.41, 5.74) is 0. The summed E-state index contributed by atoms with van der Waals surface area (Å²) in [4.78, 5) is 19.6.